The third kappa shape index (κ3) is 2.92. The number of hydrogen-bond donors (Lipinski definition) is 0. The van der Waals surface area contributed by atoms with Gasteiger partial charge in [0.1, 0.15) is 0 Å². The number of amides is 1. The fourth-order valence-corrected chi connectivity index (χ4v) is 3.83. The summed E-state index contributed by atoms with van der Waals surface area (Å²) < 4.78 is 4.36. The van der Waals surface area contributed by atoms with Crippen LogP contribution in [0.2, 0.25) is 0 Å². The van der Waals surface area contributed by atoms with Crippen LogP contribution in [0.25, 0.3) is 0 Å². The molecule has 0 unspecified atom stereocenters. The van der Waals surface area contributed by atoms with E-state index in [0.29, 0.717) is 12.1 Å². The largest absolute Gasteiger partial charge is 0.346 e. The molecule has 23 heavy (non-hydrogen) atoms. The topological polar surface area (TPSA) is 43.1 Å². The normalized spacial score (nSPS) is 18.7. The van der Waals surface area contributed by atoms with Crippen LogP contribution in [0.15, 0.2) is 24.8 Å². The zero-order valence-electron chi connectivity index (χ0n) is 14.5. The zero-order chi connectivity index (χ0) is 16.6. The molecule has 0 radical (unpaired) electrons. The summed E-state index contributed by atoms with van der Waals surface area (Å²) >= 11 is 0. The minimum absolute atomic E-state index is 0.162. The van der Waals surface area contributed by atoms with Crippen LogP contribution in [0.5, 0.6) is 0 Å². The first-order valence-electron chi connectivity index (χ1n) is 8.44. The molecule has 1 aliphatic rings. The van der Waals surface area contributed by atoms with Crippen LogP contribution in [-0.4, -0.2) is 38.0 Å². The second kappa shape index (κ2) is 6.22. The number of piperidine rings is 1. The Morgan fingerprint density at radius 3 is 2.74 bits per heavy atom. The van der Waals surface area contributed by atoms with Gasteiger partial charge >= 0.3 is 0 Å². The van der Waals surface area contributed by atoms with Crippen molar-refractivity contribution < 1.29 is 4.79 Å². The van der Waals surface area contributed by atoms with Gasteiger partial charge in [0, 0.05) is 42.9 Å². The number of aromatic nitrogens is 3. The molecule has 3 rings (SSSR count). The molecule has 5 nitrogen and oxygen atoms in total. The molecule has 0 saturated carbocycles. The highest BCUT2D eigenvalue weighted by Gasteiger charge is 2.27. The van der Waals surface area contributed by atoms with E-state index in [1.54, 1.807) is 6.20 Å². The van der Waals surface area contributed by atoms with Crippen LogP contribution < -0.4 is 0 Å². The van der Waals surface area contributed by atoms with Gasteiger partial charge in [-0.15, -0.1) is 0 Å². The maximum atomic E-state index is 13.0. The number of likely N-dealkylation sites (tertiary alicyclic amines) is 1. The third-order valence-electron chi connectivity index (χ3n) is 4.86. The summed E-state index contributed by atoms with van der Waals surface area (Å²) in [6, 6.07) is 2.75. The second-order valence-corrected chi connectivity index (χ2v) is 6.81. The number of hydrogen-bond acceptors (Lipinski definition) is 2. The molecule has 0 N–H and O–H groups in total. The molecule has 3 heterocycles. The molecular weight excluding hydrogens is 288 g/mol. The van der Waals surface area contributed by atoms with E-state index < -0.39 is 0 Å². The minimum atomic E-state index is 0.162. The van der Waals surface area contributed by atoms with E-state index in [2.05, 4.69) is 41.8 Å². The van der Waals surface area contributed by atoms with Gasteiger partial charge in [-0.05, 0) is 46.6 Å². The minimum Gasteiger partial charge on any atom is -0.346 e. The van der Waals surface area contributed by atoms with Crippen molar-refractivity contribution in [1.82, 2.24) is 19.0 Å². The monoisotopic (exact) mass is 314 g/mol. The summed E-state index contributed by atoms with van der Waals surface area (Å²) in [6.07, 6.45) is 7.78. The van der Waals surface area contributed by atoms with Gasteiger partial charge < -0.3 is 14.0 Å². The van der Waals surface area contributed by atoms with Crippen LogP contribution in [0.3, 0.4) is 0 Å². The van der Waals surface area contributed by atoms with Crippen molar-refractivity contribution in [3.63, 3.8) is 0 Å². The van der Waals surface area contributed by atoms with Gasteiger partial charge in [-0.2, -0.15) is 0 Å². The van der Waals surface area contributed by atoms with E-state index in [9.17, 15) is 4.79 Å². The van der Waals surface area contributed by atoms with Crippen LogP contribution in [-0.2, 0) is 0 Å². The molecule has 2 aromatic heterocycles. The summed E-state index contributed by atoms with van der Waals surface area (Å²) in [5.74, 6) is 0.162. The Morgan fingerprint density at radius 1 is 1.35 bits per heavy atom. The maximum Gasteiger partial charge on any atom is 0.255 e. The van der Waals surface area contributed by atoms with Crippen molar-refractivity contribution in [3.05, 3.63) is 41.7 Å². The molecule has 0 spiro atoms. The predicted octanol–water partition coefficient (Wildman–Crippen LogP) is 3.36. The number of nitrogens with zero attached hydrogens (tertiary/aromatic N) is 4. The van der Waals surface area contributed by atoms with Gasteiger partial charge in [0.05, 0.1) is 17.9 Å². The molecule has 1 amide bonds. The number of rotatable bonds is 3. The molecule has 2 aromatic rings. The third-order valence-corrected chi connectivity index (χ3v) is 4.86. The second-order valence-electron chi connectivity index (χ2n) is 6.81. The van der Waals surface area contributed by atoms with E-state index in [0.717, 1.165) is 42.9 Å². The van der Waals surface area contributed by atoms with Crippen molar-refractivity contribution >= 4 is 5.91 Å². The highest BCUT2D eigenvalue weighted by molar-refractivity contribution is 5.95. The van der Waals surface area contributed by atoms with Gasteiger partial charge in [-0.25, -0.2) is 4.98 Å². The van der Waals surface area contributed by atoms with Crippen LogP contribution >= 0.6 is 0 Å². The Bertz CT molecular complexity index is 684. The Balaban J connectivity index is 1.82. The highest BCUT2D eigenvalue weighted by atomic mass is 16.2. The number of carbonyl (C=O) groups excluding carboxylic acids is 1. The lowest BCUT2D eigenvalue weighted by atomic mass is 10.0. The molecule has 0 aliphatic carbocycles. The Kier molecular flexibility index (Phi) is 4.28. The van der Waals surface area contributed by atoms with E-state index in [1.165, 1.54) is 0 Å². The van der Waals surface area contributed by atoms with Gasteiger partial charge in [0.25, 0.3) is 5.91 Å². The first kappa shape index (κ1) is 15.8. The fraction of sp³-hybridized carbons (Fsp3) is 0.556. The molecule has 124 valence electrons. The molecule has 1 saturated heterocycles. The van der Waals surface area contributed by atoms with E-state index in [1.807, 2.05) is 23.5 Å². The van der Waals surface area contributed by atoms with Gasteiger partial charge in [-0.3, -0.25) is 4.79 Å². The van der Waals surface area contributed by atoms with E-state index in [-0.39, 0.29) is 5.91 Å². The zero-order valence-corrected chi connectivity index (χ0v) is 14.5. The van der Waals surface area contributed by atoms with Gasteiger partial charge in [-0.1, -0.05) is 0 Å². The molecule has 0 bridgehead atoms. The van der Waals surface area contributed by atoms with Gasteiger partial charge in [0.2, 0.25) is 0 Å². The SMILES string of the molecule is Cc1cc(C(=O)N2CCC[C@@H](n3ccnc3)C2)c(C)n1C(C)C. The summed E-state index contributed by atoms with van der Waals surface area (Å²) in [6.45, 7) is 10.1. The fourth-order valence-electron chi connectivity index (χ4n) is 3.83. The Labute approximate surface area is 137 Å². The van der Waals surface area contributed by atoms with Crippen molar-refractivity contribution in [2.75, 3.05) is 13.1 Å². The molecule has 1 fully saturated rings. The van der Waals surface area contributed by atoms with Crippen molar-refractivity contribution in [2.24, 2.45) is 0 Å². The average Bonchev–Trinajstić information content (AvgIpc) is 3.15. The van der Waals surface area contributed by atoms with E-state index in [4.69, 9.17) is 0 Å². The maximum absolute atomic E-state index is 13.0. The number of carbonyl (C=O) groups is 1. The molecule has 1 aliphatic heterocycles. The lowest BCUT2D eigenvalue weighted by Gasteiger charge is -2.33. The summed E-state index contributed by atoms with van der Waals surface area (Å²) in [7, 11) is 0. The van der Waals surface area contributed by atoms with Crippen molar-refractivity contribution in [1.29, 1.82) is 0 Å². The molecule has 0 aromatic carbocycles. The standard InChI is InChI=1S/C18H26N4O/c1-13(2)22-14(3)10-17(15(22)4)18(23)20-8-5-6-16(11-20)21-9-7-19-12-21/h7,9-10,12-13,16H,5-6,8,11H2,1-4H3/t16-/m1/s1. The van der Waals surface area contributed by atoms with Crippen LogP contribution in [0, 0.1) is 13.8 Å². The van der Waals surface area contributed by atoms with Crippen LogP contribution in [0.4, 0.5) is 0 Å². The highest BCUT2D eigenvalue weighted by Crippen LogP contribution is 2.26. The first-order chi connectivity index (χ1) is 11.0. The first-order valence-corrected chi connectivity index (χ1v) is 8.44. The van der Waals surface area contributed by atoms with Gasteiger partial charge in [0.15, 0.2) is 0 Å². The lowest BCUT2D eigenvalue weighted by molar-refractivity contribution is 0.0678. The predicted molar refractivity (Wildman–Crippen MR) is 90.7 cm³/mol. The smallest absolute Gasteiger partial charge is 0.255 e. The van der Waals surface area contributed by atoms with Crippen molar-refractivity contribution in [3.8, 4) is 0 Å². The quantitative estimate of drug-likeness (QED) is 0.872. The Morgan fingerprint density at radius 2 is 2.13 bits per heavy atom. The number of aryl methyl sites for hydroxylation is 1. The lowest BCUT2D eigenvalue weighted by Crippen LogP contribution is -2.40. The van der Waals surface area contributed by atoms with E-state index >= 15 is 0 Å². The van der Waals surface area contributed by atoms with Crippen LogP contribution in [0.1, 0.15) is 60.5 Å². The van der Waals surface area contributed by atoms with Crippen molar-refractivity contribution in [2.45, 2.75) is 52.6 Å². The summed E-state index contributed by atoms with van der Waals surface area (Å²) in [5.41, 5.74) is 3.08. The Hall–Kier alpha value is -2.04. The molecular formula is C18H26N4O. The average molecular weight is 314 g/mol. The summed E-state index contributed by atoms with van der Waals surface area (Å²) in [5, 5.41) is 0. The molecule has 1 atom stereocenters. The number of imidazole rings is 1. The summed E-state index contributed by atoms with van der Waals surface area (Å²) in [4.78, 5) is 19.1. The molecule has 5 heteroatoms.